The lowest BCUT2D eigenvalue weighted by Crippen LogP contribution is -2.77. The summed E-state index contributed by atoms with van der Waals surface area (Å²) in [5.41, 5.74) is 2.83. The molecule has 4 aliphatic rings. The van der Waals surface area contributed by atoms with Crippen molar-refractivity contribution in [3.05, 3.63) is 29.3 Å². The highest BCUT2D eigenvalue weighted by Crippen LogP contribution is 2.55. The fraction of sp³-hybridized carbons (Fsp3) is 0.607. The Hall–Kier alpha value is -2.95. The molecule has 0 saturated heterocycles. The van der Waals surface area contributed by atoms with E-state index in [0.29, 0.717) is 17.9 Å². The second-order valence-corrected chi connectivity index (χ2v) is 11.7. The molecule has 8 atom stereocenters. The fourth-order valence-electron chi connectivity index (χ4n) is 7.83. The third-order valence-electron chi connectivity index (χ3n) is 9.51. The molecule has 0 heterocycles. The summed E-state index contributed by atoms with van der Waals surface area (Å²) in [5.74, 6) is -12.3. The number of phenolic OH excluding ortho intramolecular Hbond substituents is 1. The molecule has 3 fully saturated rings. The fourth-order valence-corrected chi connectivity index (χ4v) is 7.83. The number of aromatic hydroxyl groups is 1. The molecular weight excluding hydrogens is 492 g/mol. The highest BCUT2D eigenvalue weighted by Gasteiger charge is 2.73. The predicted molar refractivity (Wildman–Crippen MR) is 133 cm³/mol. The summed E-state index contributed by atoms with van der Waals surface area (Å²) in [6, 6.07) is 3.27. The van der Waals surface area contributed by atoms with E-state index in [1.165, 1.54) is 25.1 Å². The average molecular weight is 527 g/mol. The second-order valence-electron chi connectivity index (χ2n) is 11.7. The van der Waals surface area contributed by atoms with Gasteiger partial charge in [0.15, 0.2) is 34.7 Å². The number of carbonyl (C=O) groups is 5. The number of Topliss-reactive ketones (excluding diaryl/α,β-unsaturated/α-hetero) is 4. The van der Waals surface area contributed by atoms with Crippen LogP contribution in [0.1, 0.15) is 60.4 Å². The summed E-state index contributed by atoms with van der Waals surface area (Å²) >= 11 is 0. The van der Waals surface area contributed by atoms with Crippen LogP contribution in [-0.4, -0.2) is 81.1 Å². The van der Waals surface area contributed by atoms with Crippen LogP contribution in [0.25, 0.3) is 0 Å². The summed E-state index contributed by atoms with van der Waals surface area (Å²) < 4.78 is 0. The Labute approximate surface area is 220 Å². The Kier molecular flexibility index (Phi) is 6.56. The predicted octanol–water partition coefficient (Wildman–Crippen LogP) is 0.349. The molecule has 1 aromatic rings. The maximum absolute atomic E-state index is 14.1. The van der Waals surface area contributed by atoms with Crippen LogP contribution in [0.5, 0.6) is 5.75 Å². The highest BCUT2D eigenvalue weighted by atomic mass is 16.3. The topological polar surface area (TPSA) is 175 Å². The number of hydrogen-bond acceptors (Lipinski definition) is 9. The lowest BCUT2D eigenvalue weighted by Gasteiger charge is -2.56. The van der Waals surface area contributed by atoms with Crippen molar-refractivity contribution in [3.63, 3.8) is 0 Å². The van der Waals surface area contributed by atoms with Gasteiger partial charge in [-0.05, 0) is 50.4 Å². The molecule has 5 N–H and O–H groups in total. The van der Waals surface area contributed by atoms with Gasteiger partial charge in [0.25, 0.3) is 0 Å². The third kappa shape index (κ3) is 3.60. The van der Waals surface area contributed by atoms with Crippen LogP contribution in [0.4, 0.5) is 0 Å². The number of amides is 1. The Morgan fingerprint density at radius 1 is 1.08 bits per heavy atom. The standard InChI is InChI=1S/C28H34N2O8/c1-30(2)21-20-23(33)17-14(11-10-12-6-3-4-7-12)13-8-5-9-15(31)16(13)22(32)18(17)25(35)28(20,38)26(36)19(24(21)34)27(29)37/h5,8-9,12,14,17-21,23,31,33,38H,3-4,6-7,10-11H2,1-2H3,(H2,29,37)/t14?,17-,18?,19?,20-,21+,23+,28+/m0/s1. The molecule has 10 nitrogen and oxygen atoms in total. The van der Waals surface area contributed by atoms with Gasteiger partial charge in [0.05, 0.1) is 29.5 Å². The van der Waals surface area contributed by atoms with Crippen LogP contribution < -0.4 is 5.73 Å². The third-order valence-corrected chi connectivity index (χ3v) is 9.51. The molecule has 10 heteroatoms. The van der Waals surface area contributed by atoms with Gasteiger partial charge in [-0.15, -0.1) is 0 Å². The zero-order chi connectivity index (χ0) is 27.7. The van der Waals surface area contributed by atoms with Crippen molar-refractivity contribution < 1.29 is 39.3 Å². The maximum Gasteiger partial charge on any atom is 0.235 e. The zero-order valence-electron chi connectivity index (χ0n) is 21.5. The maximum atomic E-state index is 14.1. The first-order valence-corrected chi connectivity index (χ1v) is 13.3. The number of nitrogens with two attached hydrogens (primary N) is 1. The summed E-state index contributed by atoms with van der Waals surface area (Å²) in [5, 5.41) is 34.3. The van der Waals surface area contributed by atoms with Crippen molar-refractivity contribution in [2.45, 2.75) is 62.2 Å². The number of fused-ring (bicyclic) bond motifs is 3. The minimum atomic E-state index is -2.98. The monoisotopic (exact) mass is 526 g/mol. The Morgan fingerprint density at radius 3 is 2.34 bits per heavy atom. The van der Waals surface area contributed by atoms with E-state index >= 15 is 0 Å². The van der Waals surface area contributed by atoms with Crippen LogP contribution in [-0.2, 0) is 19.2 Å². The summed E-state index contributed by atoms with van der Waals surface area (Å²) in [6.45, 7) is 0. The molecule has 38 heavy (non-hydrogen) atoms. The Bertz CT molecular complexity index is 1220. The van der Waals surface area contributed by atoms with E-state index < -0.39 is 76.4 Å². The number of ketones is 4. The molecule has 0 aromatic heterocycles. The Morgan fingerprint density at radius 2 is 1.74 bits per heavy atom. The number of aliphatic hydroxyl groups is 2. The van der Waals surface area contributed by atoms with E-state index in [9.17, 15) is 39.3 Å². The van der Waals surface area contributed by atoms with Gasteiger partial charge < -0.3 is 21.1 Å². The number of carbonyl (C=O) groups excluding carboxylic acids is 5. The van der Waals surface area contributed by atoms with E-state index in [1.54, 1.807) is 12.1 Å². The first kappa shape index (κ1) is 26.6. The van der Waals surface area contributed by atoms with Crippen molar-refractivity contribution in [1.29, 1.82) is 0 Å². The highest BCUT2D eigenvalue weighted by molar-refractivity contribution is 6.32. The van der Waals surface area contributed by atoms with Crippen molar-refractivity contribution in [3.8, 4) is 5.75 Å². The van der Waals surface area contributed by atoms with Crippen molar-refractivity contribution in [2.75, 3.05) is 14.1 Å². The van der Waals surface area contributed by atoms with Gasteiger partial charge in [-0.3, -0.25) is 28.9 Å². The van der Waals surface area contributed by atoms with Gasteiger partial charge in [-0.1, -0.05) is 37.8 Å². The largest absolute Gasteiger partial charge is 0.507 e. The summed E-state index contributed by atoms with van der Waals surface area (Å²) in [7, 11) is 2.97. The Balaban J connectivity index is 1.67. The molecular formula is C28H34N2O8. The van der Waals surface area contributed by atoms with Crippen LogP contribution in [0.15, 0.2) is 18.2 Å². The van der Waals surface area contributed by atoms with Crippen molar-refractivity contribution >= 4 is 29.0 Å². The number of rotatable bonds is 5. The molecule has 3 saturated carbocycles. The number of phenols is 1. The smallest absolute Gasteiger partial charge is 0.235 e. The van der Waals surface area contributed by atoms with Crippen molar-refractivity contribution in [2.24, 2.45) is 35.3 Å². The molecule has 1 amide bonds. The summed E-state index contributed by atoms with van der Waals surface area (Å²) in [4.78, 5) is 68.1. The van der Waals surface area contributed by atoms with Crippen LogP contribution in [0.2, 0.25) is 0 Å². The van der Waals surface area contributed by atoms with E-state index in [0.717, 1.165) is 32.1 Å². The molecule has 4 aliphatic carbocycles. The number of nitrogens with zero attached hydrogens (tertiary/aromatic N) is 1. The first-order valence-electron chi connectivity index (χ1n) is 13.3. The van der Waals surface area contributed by atoms with Crippen molar-refractivity contribution in [1.82, 2.24) is 4.90 Å². The molecule has 1 aromatic carbocycles. The number of likely N-dealkylation sites (N-methyl/N-ethyl adjacent to an activating group) is 1. The lowest BCUT2D eigenvalue weighted by atomic mass is 9.49. The van der Waals surface area contributed by atoms with Gasteiger partial charge >= 0.3 is 0 Å². The SMILES string of the molecule is CN(C)[C@H]1C(=O)C(C(N)=O)C(=O)[C@]2(O)C(=O)C3C(=O)c4c(O)cccc4C(CCC4CCCC4)[C@@H]3[C@@H](O)[C@H]12. The summed E-state index contributed by atoms with van der Waals surface area (Å²) in [6.07, 6.45) is 4.08. The van der Waals surface area contributed by atoms with E-state index in [4.69, 9.17) is 5.73 Å². The molecule has 5 rings (SSSR count). The van der Waals surface area contributed by atoms with Gasteiger partial charge in [-0.2, -0.15) is 0 Å². The molecule has 0 radical (unpaired) electrons. The molecule has 3 unspecified atom stereocenters. The number of aliphatic hydroxyl groups excluding tert-OH is 1. The quantitative estimate of drug-likeness (QED) is 0.394. The minimum Gasteiger partial charge on any atom is -0.507 e. The average Bonchev–Trinajstić information content (AvgIpc) is 3.37. The first-order chi connectivity index (χ1) is 17.9. The van der Waals surface area contributed by atoms with Gasteiger partial charge in [-0.25, -0.2) is 0 Å². The van der Waals surface area contributed by atoms with E-state index in [-0.39, 0.29) is 11.3 Å². The van der Waals surface area contributed by atoms with Crippen LogP contribution in [0, 0.1) is 29.6 Å². The number of hydrogen-bond donors (Lipinski definition) is 4. The van der Waals surface area contributed by atoms with Gasteiger partial charge in [0.2, 0.25) is 5.91 Å². The van der Waals surface area contributed by atoms with E-state index in [2.05, 4.69) is 0 Å². The van der Waals surface area contributed by atoms with Gasteiger partial charge in [0, 0.05) is 5.92 Å². The number of primary amides is 1. The molecule has 0 aliphatic heterocycles. The zero-order valence-corrected chi connectivity index (χ0v) is 21.5. The van der Waals surface area contributed by atoms with E-state index in [1.807, 2.05) is 0 Å². The van der Waals surface area contributed by atoms with Gasteiger partial charge in [0.1, 0.15) is 5.75 Å². The second kappa shape index (κ2) is 9.36. The number of benzene rings is 1. The molecule has 204 valence electrons. The molecule has 0 spiro atoms. The normalized spacial score (nSPS) is 37.2. The lowest BCUT2D eigenvalue weighted by molar-refractivity contribution is -0.197. The van der Waals surface area contributed by atoms with Crippen LogP contribution >= 0.6 is 0 Å². The van der Waals surface area contributed by atoms with Crippen LogP contribution in [0.3, 0.4) is 0 Å². The molecule has 0 bridgehead atoms. The minimum absolute atomic E-state index is 0.0530.